The van der Waals surface area contributed by atoms with Gasteiger partial charge in [-0.15, -0.1) is 11.3 Å². The number of carbonyl (C=O) groups excluding carboxylic acids is 2. The molecule has 1 fully saturated rings. The maximum atomic E-state index is 12.0. The van der Waals surface area contributed by atoms with Crippen LogP contribution in [0.3, 0.4) is 0 Å². The first kappa shape index (κ1) is 12.9. The van der Waals surface area contributed by atoms with Crippen molar-refractivity contribution < 1.29 is 9.59 Å². The highest BCUT2D eigenvalue weighted by Crippen LogP contribution is 2.25. The smallest absolute Gasteiger partial charge is 0.229 e. The van der Waals surface area contributed by atoms with Crippen molar-refractivity contribution in [1.29, 1.82) is 0 Å². The lowest BCUT2D eigenvalue weighted by molar-refractivity contribution is -0.123. The first-order valence-corrected chi connectivity index (χ1v) is 7.17. The van der Waals surface area contributed by atoms with Crippen LogP contribution < -0.4 is 10.6 Å². The highest BCUT2D eigenvalue weighted by molar-refractivity contribution is 7.09. The van der Waals surface area contributed by atoms with Crippen LogP contribution in [0.15, 0.2) is 29.8 Å². The molecule has 3 rings (SSSR count). The van der Waals surface area contributed by atoms with Gasteiger partial charge in [0.15, 0.2) is 0 Å². The van der Waals surface area contributed by atoms with Gasteiger partial charge in [0.2, 0.25) is 11.8 Å². The molecule has 2 N–H and O–H groups in total. The highest BCUT2D eigenvalue weighted by atomic mass is 32.1. The Balaban J connectivity index is 1.83. The van der Waals surface area contributed by atoms with Crippen LogP contribution in [0, 0.1) is 5.92 Å². The molecule has 3 heterocycles. The largest absolute Gasteiger partial charge is 0.369 e. The van der Waals surface area contributed by atoms with Crippen molar-refractivity contribution in [1.82, 2.24) is 9.78 Å². The number of anilines is 1. The summed E-state index contributed by atoms with van der Waals surface area (Å²) >= 11 is 1.64. The van der Waals surface area contributed by atoms with E-state index in [1.54, 1.807) is 33.2 Å². The van der Waals surface area contributed by atoms with E-state index < -0.39 is 11.8 Å². The van der Waals surface area contributed by atoms with Crippen molar-refractivity contribution in [3.63, 3.8) is 0 Å². The second kappa shape index (κ2) is 5.09. The molecule has 104 valence electrons. The minimum atomic E-state index is -0.426. The summed E-state index contributed by atoms with van der Waals surface area (Å²) in [7, 11) is 0. The Morgan fingerprint density at radius 3 is 3.00 bits per heavy atom. The van der Waals surface area contributed by atoms with Crippen LogP contribution in [0.4, 0.5) is 5.82 Å². The summed E-state index contributed by atoms with van der Waals surface area (Å²) in [5, 5.41) is 6.26. The number of hydrogen-bond acceptors (Lipinski definition) is 4. The lowest BCUT2D eigenvalue weighted by atomic mass is 10.1. The first-order chi connectivity index (χ1) is 9.65. The Labute approximate surface area is 119 Å². The van der Waals surface area contributed by atoms with E-state index in [9.17, 15) is 9.59 Å². The molecular weight excluding hydrogens is 276 g/mol. The van der Waals surface area contributed by atoms with Gasteiger partial charge in [-0.1, -0.05) is 6.07 Å². The molecule has 2 aromatic heterocycles. The fourth-order valence-corrected chi connectivity index (χ4v) is 3.03. The zero-order valence-corrected chi connectivity index (χ0v) is 11.5. The van der Waals surface area contributed by atoms with Crippen LogP contribution in [0.25, 0.3) is 0 Å². The molecule has 0 aromatic carbocycles. The summed E-state index contributed by atoms with van der Waals surface area (Å²) in [6, 6.07) is 5.79. The SMILES string of the molecule is NC(=O)C1CC(=O)N(c2ccnn2Cc2cccs2)C1. The standard InChI is InChI=1S/C13H14N4O2S/c14-13(19)9-6-12(18)16(7-9)11-3-4-15-17(11)8-10-2-1-5-20-10/h1-5,9H,6-8H2,(H2,14,19). The third-order valence-corrected chi connectivity index (χ3v) is 4.24. The molecule has 2 amide bonds. The summed E-state index contributed by atoms with van der Waals surface area (Å²) < 4.78 is 1.77. The van der Waals surface area contributed by atoms with Gasteiger partial charge in [0.1, 0.15) is 5.82 Å². The van der Waals surface area contributed by atoms with Crippen LogP contribution in [0.5, 0.6) is 0 Å². The van der Waals surface area contributed by atoms with Crippen molar-refractivity contribution in [2.75, 3.05) is 11.4 Å². The molecule has 1 aliphatic rings. The summed E-state index contributed by atoms with van der Waals surface area (Å²) in [6.45, 7) is 0.954. The fourth-order valence-electron chi connectivity index (χ4n) is 2.35. The van der Waals surface area contributed by atoms with Gasteiger partial charge >= 0.3 is 0 Å². The number of primary amides is 1. The second-order valence-electron chi connectivity index (χ2n) is 4.73. The number of aromatic nitrogens is 2. The lowest BCUT2D eigenvalue weighted by Gasteiger charge is -2.17. The molecule has 20 heavy (non-hydrogen) atoms. The average Bonchev–Trinajstić information content (AvgIpc) is 3.10. The Kier molecular flexibility index (Phi) is 3.27. The molecular formula is C13H14N4O2S. The zero-order valence-electron chi connectivity index (χ0n) is 10.7. The quantitative estimate of drug-likeness (QED) is 0.905. The molecule has 6 nitrogen and oxygen atoms in total. The predicted octanol–water partition coefficient (Wildman–Crippen LogP) is 0.831. The van der Waals surface area contributed by atoms with Crippen molar-refractivity contribution in [3.8, 4) is 0 Å². The van der Waals surface area contributed by atoms with Crippen molar-refractivity contribution in [2.24, 2.45) is 11.7 Å². The van der Waals surface area contributed by atoms with E-state index in [1.165, 1.54) is 0 Å². The number of rotatable bonds is 4. The average molecular weight is 290 g/mol. The maximum Gasteiger partial charge on any atom is 0.229 e. The van der Waals surface area contributed by atoms with E-state index in [-0.39, 0.29) is 12.3 Å². The molecule has 0 bridgehead atoms. The predicted molar refractivity (Wildman–Crippen MR) is 75.3 cm³/mol. The van der Waals surface area contributed by atoms with Gasteiger partial charge in [0.25, 0.3) is 0 Å². The van der Waals surface area contributed by atoms with Crippen LogP contribution >= 0.6 is 11.3 Å². The third-order valence-electron chi connectivity index (χ3n) is 3.38. The molecule has 1 saturated heterocycles. The van der Waals surface area contributed by atoms with Gasteiger partial charge in [0, 0.05) is 23.9 Å². The Bertz CT molecular complexity index is 635. The van der Waals surface area contributed by atoms with Crippen LogP contribution in [0.1, 0.15) is 11.3 Å². The summed E-state index contributed by atoms with van der Waals surface area (Å²) in [4.78, 5) is 26.0. The molecule has 1 aliphatic heterocycles. The number of hydrogen-bond donors (Lipinski definition) is 1. The number of nitrogens with two attached hydrogens (primary N) is 1. The molecule has 0 spiro atoms. The number of nitrogens with zero attached hydrogens (tertiary/aromatic N) is 3. The van der Waals surface area contributed by atoms with E-state index >= 15 is 0 Å². The Morgan fingerprint density at radius 2 is 2.35 bits per heavy atom. The van der Waals surface area contributed by atoms with E-state index in [1.807, 2.05) is 17.5 Å². The molecule has 1 atom stereocenters. The summed E-state index contributed by atoms with van der Waals surface area (Å²) in [5.74, 6) is -0.202. The molecule has 7 heteroatoms. The summed E-state index contributed by atoms with van der Waals surface area (Å²) in [5.41, 5.74) is 5.28. The van der Waals surface area contributed by atoms with E-state index in [0.717, 1.165) is 4.88 Å². The molecule has 1 unspecified atom stereocenters. The van der Waals surface area contributed by atoms with Gasteiger partial charge in [-0.25, -0.2) is 4.68 Å². The minimum Gasteiger partial charge on any atom is -0.369 e. The lowest BCUT2D eigenvalue weighted by Crippen LogP contribution is -2.30. The van der Waals surface area contributed by atoms with Crippen LogP contribution in [-0.4, -0.2) is 28.1 Å². The second-order valence-corrected chi connectivity index (χ2v) is 5.77. The van der Waals surface area contributed by atoms with Gasteiger partial charge in [-0.05, 0) is 11.4 Å². The minimum absolute atomic E-state index is 0.0817. The van der Waals surface area contributed by atoms with Gasteiger partial charge in [-0.2, -0.15) is 5.10 Å². The monoisotopic (exact) mass is 290 g/mol. The van der Waals surface area contributed by atoms with Gasteiger partial charge in [0.05, 0.1) is 18.7 Å². The zero-order chi connectivity index (χ0) is 14.1. The number of carbonyl (C=O) groups is 2. The van der Waals surface area contributed by atoms with Crippen LogP contribution in [0.2, 0.25) is 0 Å². The number of thiophene rings is 1. The third kappa shape index (κ3) is 2.32. The molecule has 0 aliphatic carbocycles. The topological polar surface area (TPSA) is 81.2 Å². The Hall–Kier alpha value is -2.15. The van der Waals surface area contributed by atoms with E-state index in [0.29, 0.717) is 18.9 Å². The summed E-state index contributed by atoms with van der Waals surface area (Å²) in [6.07, 6.45) is 1.84. The molecule has 0 radical (unpaired) electrons. The van der Waals surface area contributed by atoms with Gasteiger partial charge in [-0.3, -0.25) is 14.5 Å². The fraction of sp³-hybridized carbons (Fsp3) is 0.308. The van der Waals surface area contributed by atoms with Crippen molar-refractivity contribution in [3.05, 3.63) is 34.7 Å². The molecule has 2 aromatic rings. The Morgan fingerprint density at radius 1 is 1.50 bits per heavy atom. The van der Waals surface area contributed by atoms with Crippen molar-refractivity contribution in [2.45, 2.75) is 13.0 Å². The van der Waals surface area contributed by atoms with Gasteiger partial charge < -0.3 is 5.73 Å². The highest BCUT2D eigenvalue weighted by Gasteiger charge is 2.35. The first-order valence-electron chi connectivity index (χ1n) is 6.29. The molecule has 0 saturated carbocycles. The van der Waals surface area contributed by atoms with E-state index in [4.69, 9.17) is 5.73 Å². The van der Waals surface area contributed by atoms with Crippen LogP contribution in [-0.2, 0) is 16.1 Å². The number of amides is 2. The normalized spacial score (nSPS) is 18.7. The van der Waals surface area contributed by atoms with E-state index in [2.05, 4.69) is 5.10 Å². The van der Waals surface area contributed by atoms with Crippen molar-refractivity contribution >= 4 is 29.0 Å². The maximum absolute atomic E-state index is 12.0.